The molecule has 2 aromatic carbocycles. The Morgan fingerprint density at radius 2 is 1.61 bits per heavy atom. The van der Waals surface area contributed by atoms with Crippen LogP contribution in [0.5, 0.6) is 0 Å². The lowest BCUT2D eigenvalue weighted by molar-refractivity contribution is -0.114. The fourth-order valence-electron chi connectivity index (χ4n) is 3.54. The number of benzene rings is 2. The normalized spacial score (nSPS) is 10.6. The number of aromatic nitrogens is 2. The summed E-state index contributed by atoms with van der Waals surface area (Å²) in [5.74, 6) is -1.93. The van der Waals surface area contributed by atoms with Gasteiger partial charge in [0.15, 0.2) is 0 Å². The van der Waals surface area contributed by atoms with Crippen molar-refractivity contribution >= 4 is 23.3 Å². The van der Waals surface area contributed by atoms with Gasteiger partial charge in [0.05, 0.1) is 40.5 Å². The van der Waals surface area contributed by atoms with Crippen molar-refractivity contribution < 1.29 is 19.1 Å². The van der Waals surface area contributed by atoms with Crippen LogP contribution in [-0.4, -0.2) is 40.6 Å². The highest BCUT2D eigenvalue weighted by atomic mass is 16.5. The molecule has 0 radical (unpaired) electrons. The van der Waals surface area contributed by atoms with E-state index in [-0.39, 0.29) is 24.3 Å². The molecule has 1 heterocycles. The number of rotatable bonds is 7. The number of amides is 1. The van der Waals surface area contributed by atoms with Crippen LogP contribution in [0.25, 0.3) is 5.69 Å². The predicted octanol–water partition coefficient (Wildman–Crippen LogP) is 3.90. The zero-order valence-electron chi connectivity index (χ0n) is 18.1. The van der Waals surface area contributed by atoms with E-state index < -0.39 is 17.7 Å². The van der Waals surface area contributed by atoms with Crippen LogP contribution >= 0.6 is 0 Å². The minimum Gasteiger partial charge on any atom is -0.462 e. The smallest absolute Gasteiger partial charge is 0.340 e. The first-order valence-electron chi connectivity index (χ1n) is 10.1. The highest BCUT2D eigenvalue weighted by Crippen LogP contribution is 2.24. The summed E-state index contributed by atoms with van der Waals surface area (Å²) in [4.78, 5) is 40.2. The number of ether oxygens (including phenoxy) is 1. The maximum atomic E-state index is 13.3. The predicted molar refractivity (Wildman–Crippen MR) is 118 cm³/mol. The average molecular weight is 419 g/mol. The summed E-state index contributed by atoms with van der Waals surface area (Å²) >= 11 is 0. The second-order valence-corrected chi connectivity index (χ2v) is 6.91. The summed E-state index contributed by atoms with van der Waals surface area (Å²) in [6.45, 7) is 7.35. The van der Waals surface area contributed by atoms with Gasteiger partial charge in [-0.1, -0.05) is 30.3 Å². The van der Waals surface area contributed by atoms with Gasteiger partial charge in [-0.25, -0.2) is 9.48 Å². The van der Waals surface area contributed by atoms with Crippen LogP contribution in [-0.2, 0) is 9.53 Å². The fraction of sp³-hybridized carbons (Fsp3) is 0.250. The topological polar surface area (TPSA) is 81.5 Å². The van der Waals surface area contributed by atoms with Crippen LogP contribution in [0.4, 0.5) is 5.69 Å². The molecule has 3 rings (SSSR count). The number of carbonyl (C=O) groups is 3. The summed E-state index contributed by atoms with van der Waals surface area (Å²) < 4.78 is 6.75. The van der Waals surface area contributed by atoms with Crippen molar-refractivity contribution in [2.75, 3.05) is 18.1 Å². The minimum absolute atomic E-state index is 0.212. The Balaban J connectivity index is 1.99. The third-order valence-electron chi connectivity index (χ3n) is 4.96. The quantitative estimate of drug-likeness (QED) is 0.330. The molecule has 0 N–H and O–H groups in total. The molecule has 0 fully saturated rings. The largest absolute Gasteiger partial charge is 0.462 e. The number of Topliss-reactive ketones (excluding diaryl/α,β-unsaturated/α-hetero) is 1. The summed E-state index contributed by atoms with van der Waals surface area (Å²) in [5.41, 5.74) is 2.69. The molecule has 1 aromatic heterocycles. The maximum absolute atomic E-state index is 13.3. The molecular formula is C24H25N3O4. The molecule has 31 heavy (non-hydrogen) atoms. The molecule has 0 saturated carbocycles. The van der Waals surface area contributed by atoms with Crippen molar-refractivity contribution in [1.82, 2.24) is 9.78 Å². The number of para-hydroxylation sites is 2. The van der Waals surface area contributed by atoms with Crippen molar-refractivity contribution in [3.8, 4) is 5.69 Å². The standard InChI is InChI=1S/C24H25N3O4/c1-5-26(20-15-11-10-14-19(20)24(30)31-6-2)23(29)22(28)21-16(3)25-27(17(21)4)18-12-8-7-9-13-18/h7-15H,5-6H2,1-4H3. The van der Waals surface area contributed by atoms with Crippen molar-refractivity contribution in [3.05, 3.63) is 77.1 Å². The molecule has 0 aliphatic rings. The highest BCUT2D eigenvalue weighted by molar-refractivity contribution is 6.47. The summed E-state index contributed by atoms with van der Waals surface area (Å²) in [7, 11) is 0. The molecule has 0 atom stereocenters. The molecule has 7 heteroatoms. The number of anilines is 1. The number of nitrogens with zero attached hydrogens (tertiary/aromatic N) is 3. The Hall–Kier alpha value is -3.74. The molecule has 0 bridgehead atoms. The van der Waals surface area contributed by atoms with Crippen molar-refractivity contribution in [3.63, 3.8) is 0 Å². The fourth-order valence-corrected chi connectivity index (χ4v) is 3.54. The van der Waals surface area contributed by atoms with Gasteiger partial charge in [0.1, 0.15) is 0 Å². The van der Waals surface area contributed by atoms with E-state index in [1.54, 1.807) is 56.6 Å². The van der Waals surface area contributed by atoms with Crippen molar-refractivity contribution in [2.45, 2.75) is 27.7 Å². The summed E-state index contributed by atoms with van der Waals surface area (Å²) in [5, 5.41) is 4.46. The van der Waals surface area contributed by atoms with E-state index in [0.717, 1.165) is 5.69 Å². The second kappa shape index (κ2) is 9.38. The van der Waals surface area contributed by atoms with Gasteiger partial charge in [0.2, 0.25) is 0 Å². The first kappa shape index (κ1) is 22.0. The summed E-state index contributed by atoms with van der Waals surface area (Å²) in [6, 6.07) is 16.0. The molecule has 0 saturated heterocycles. The van der Waals surface area contributed by atoms with Crippen LogP contribution in [0.3, 0.4) is 0 Å². The van der Waals surface area contributed by atoms with Gasteiger partial charge in [-0.3, -0.25) is 9.59 Å². The van der Waals surface area contributed by atoms with E-state index in [4.69, 9.17) is 4.74 Å². The Kier molecular flexibility index (Phi) is 6.65. The third kappa shape index (κ3) is 4.26. The van der Waals surface area contributed by atoms with Crippen LogP contribution in [0.15, 0.2) is 54.6 Å². The molecule has 7 nitrogen and oxygen atoms in total. The Bertz CT molecular complexity index is 1120. The lowest BCUT2D eigenvalue weighted by atomic mass is 10.1. The molecule has 0 aliphatic heterocycles. The lowest BCUT2D eigenvalue weighted by Crippen LogP contribution is -2.38. The number of hydrogen-bond donors (Lipinski definition) is 0. The van der Waals surface area contributed by atoms with Gasteiger partial charge < -0.3 is 9.64 Å². The molecular weight excluding hydrogens is 394 g/mol. The van der Waals surface area contributed by atoms with Crippen LogP contribution in [0.2, 0.25) is 0 Å². The number of ketones is 1. The monoisotopic (exact) mass is 419 g/mol. The first-order valence-corrected chi connectivity index (χ1v) is 10.1. The molecule has 0 unspecified atom stereocenters. The third-order valence-corrected chi connectivity index (χ3v) is 4.96. The van der Waals surface area contributed by atoms with Gasteiger partial charge in [-0.15, -0.1) is 0 Å². The Labute approximate surface area is 181 Å². The van der Waals surface area contributed by atoms with Gasteiger partial charge in [-0.2, -0.15) is 5.10 Å². The first-order chi connectivity index (χ1) is 14.9. The average Bonchev–Trinajstić information content (AvgIpc) is 3.08. The minimum atomic E-state index is -0.724. The van der Waals surface area contributed by atoms with E-state index in [1.807, 2.05) is 30.3 Å². The van der Waals surface area contributed by atoms with Gasteiger partial charge in [0.25, 0.3) is 11.7 Å². The van der Waals surface area contributed by atoms with Crippen molar-refractivity contribution in [2.24, 2.45) is 0 Å². The van der Waals surface area contributed by atoms with E-state index in [9.17, 15) is 14.4 Å². The number of esters is 1. The Morgan fingerprint density at radius 3 is 2.26 bits per heavy atom. The maximum Gasteiger partial charge on any atom is 0.340 e. The number of likely N-dealkylation sites (N-methyl/N-ethyl adjacent to an activating group) is 1. The van der Waals surface area contributed by atoms with Crippen LogP contribution in [0, 0.1) is 13.8 Å². The van der Waals surface area contributed by atoms with Gasteiger partial charge in [0, 0.05) is 6.54 Å². The molecule has 160 valence electrons. The van der Waals surface area contributed by atoms with Crippen molar-refractivity contribution in [1.29, 1.82) is 0 Å². The van der Waals surface area contributed by atoms with E-state index in [1.165, 1.54) is 4.90 Å². The van der Waals surface area contributed by atoms with Crippen LogP contribution < -0.4 is 4.90 Å². The zero-order valence-corrected chi connectivity index (χ0v) is 18.1. The van der Waals surface area contributed by atoms with E-state index in [0.29, 0.717) is 17.1 Å². The lowest BCUT2D eigenvalue weighted by Gasteiger charge is -2.22. The van der Waals surface area contributed by atoms with E-state index >= 15 is 0 Å². The summed E-state index contributed by atoms with van der Waals surface area (Å²) in [6.07, 6.45) is 0. The molecule has 1 amide bonds. The zero-order chi connectivity index (χ0) is 22.5. The van der Waals surface area contributed by atoms with Crippen LogP contribution in [0.1, 0.15) is 46.0 Å². The van der Waals surface area contributed by atoms with Gasteiger partial charge >= 0.3 is 5.97 Å². The van der Waals surface area contributed by atoms with E-state index in [2.05, 4.69) is 5.10 Å². The number of hydrogen-bond acceptors (Lipinski definition) is 5. The molecule has 0 aliphatic carbocycles. The SMILES string of the molecule is CCOC(=O)c1ccccc1N(CC)C(=O)C(=O)c1c(C)nn(-c2ccccc2)c1C. The number of carbonyl (C=O) groups excluding carboxylic acids is 3. The molecule has 3 aromatic rings. The second-order valence-electron chi connectivity index (χ2n) is 6.91. The highest BCUT2D eigenvalue weighted by Gasteiger charge is 2.31. The molecule has 0 spiro atoms. The number of aryl methyl sites for hydroxylation is 1. The van der Waals surface area contributed by atoms with Gasteiger partial charge in [-0.05, 0) is 52.0 Å². The Morgan fingerprint density at radius 1 is 0.968 bits per heavy atom.